The van der Waals surface area contributed by atoms with Gasteiger partial charge in [0.05, 0.1) is 13.2 Å². The maximum Gasteiger partial charge on any atom is 0.212 e. The second-order valence-corrected chi connectivity index (χ2v) is 13.0. The van der Waals surface area contributed by atoms with Crippen LogP contribution in [0.15, 0.2) is 156 Å². The zero-order valence-electron chi connectivity index (χ0n) is 28.5. The van der Waals surface area contributed by atoms with Crippen LogP contribution in [-0.2, 0) is 6.42 Å². The third kappa shape index (κ3) is 6.15. The zero-order valence-corrected chi connectivity index (χ0v) is 28.5. The Bertz CT molecular complexity index is 2340. The summed E-state index contributed by atoms with van der Waals surface area (Å²) in [5.74, 6) is 2.48. The molecule has 0 fully saturated rings. The van der Waals surface area contributed by atoms with Gasteiger partial charge in [-0.1, -0.05) is 146 Å². The molecular formula is C46H40N2O2. The molecule has 0 radical (unpaired) electrons. The highest BCUT2D eigenvalue weighted by Gasteiger charge is 2.27. The van der Waals surface area contributed by atoms with Crippen molar-refractivity contribution >= 4 is 32.3 Å². The molecule has 7 aromatic carbocycles. The first-order valence-corrected chi connectivity index (χ1v) is 17.5. The maximum absolute atomic E-state index is 6.49. The monoisotopic (exact) mass is 652 g/mol. The lowest BCUT2D eigenvalue weighted by Crippen LogP contribution is -2.28. The van der Waals surface area contributed by atoms with Gasteiger partial charge in [0.25, 0.3) is 0 Å². The number of oxazole rings is 1. The van der Waals surface area contributed by atoms with E-state index in [2.05, 4.69) is 103 Å². The number of methoxy groups -OCH3 is 1. The van der Waals surface area contributed by atoms with Crippen LogP contribution in [0.2, 0.25) is 0 Å². The third-order valence-electron chi connectivity index (χ3n) is 9.89. The minimum Gasteiger partial charge on any atom is -0.496 e. The molecule has 0 aliphatic heterocycles. The van der Waals surface area contributed by atoms with E-state index in [4.69, 9.17) is 14.1 Å². The van der Waals surface area contributed by atoms with Crippen molar-refractivity contribution in [1.29, 1.82) is 0 Å². The van der Waals surface area contributed by atoms with Crippen LogP contribution < -0.4 is 10.1 Å². The molecule has 0 saturated carbocycles. The maximum atomic E-state index is 6.49. The van der Waals surface area contributed by atoms with Crippen LogP contribution in [0.5, 0.6) is 5.75 Å². The van der Waals surface area contributed by atoms with Crippen molar-refractivity contribution in [3.63, 3.8) is 0 Å². The molecule has 4 nitrogen and oxygen atoms in total. The van der Waals surface area contributed by atoms with Crippen molar-refractivity contribution < 1.29 is 9.15 Å². The molecule has 0 amide bonds. The van der Waals surface area contributed by atoms with Gasteiger partial charge in [-0.05, 0) is 70.3 Å². The van der Waals surface area contributed by atoms with E-state index in [9.17, 15) is 0 Å². The molecule has 2 unspecified atom stereocenters. The fourth-order valence-electron chi connectivity index (χ4n) is 7.43. The standard InChI is InChI=1S/C35H30N2O.C11H10O/c1-23(35-37-33(25-12-4-2-5-13-25)34(38-35)26-14-6-3-7-15-26)36-32-18-10-17-28-30-20-19-24-11-8-9-16-27(24)29(30)21-22-31(28)32;1-12-11-8-4-6-9-5-2-3-7-10(9)11/h2-9,11-16,19-23,32,36H,10,17-18H2,1H3;2-8H,1H3. The molecule has 9 rings (SSSR count). The van der Waals surface area contributed by atoms with Crippen molar-refractivity contribution in [1.82, 2.24) is 10.3 Å². The smallest absolute Gasteiger partial charge is 0.212 e. The van der Waals surface area contributed by atoms with Crippen molar-refractivity contribution in [2.24, 2.45) is 0 Å². The summed E-state index contributed by atoms with van der Waals surface area (Å²) in [6, 6.07) is 53.0. The second kappa shape index (κ2) is 14.0. The van der Waals surface area contributed by atoms with Crippen LogP contribution in [0, 0.1) is 0 Å². The van der Waals surface area contributed by atoms with Crippen LogP contribution in [0.4, 0.5) is 0 Å². The first-order chi connectivity index (χ1) is 24.7. The Labute approximate surface area is 293 Å². The Hall–Kier alpha value is -5.71. The molecule has 50 heavy (non-hydrogen) atoms. The van der Waals surface area contributed by atoms with E-state index < -0.39 is 0 Å². The normalized spacial score (nSPS) is 14.6. The highest BCUT2D eigenvalue weighted by Crippen LogP contribution is 2.39. The van der Waals surface area contributed by atoms with E-state index in [0.717, 1.165) is 47.1 Å². The zero-order chi connectivity index (χ0) is 33.9. The molecule has 2 atom stereocenters. The molecule has 1 aromatic heterocycles. The highest BCUT2D eigenvalue weighted by molar-refractivity contribution is 6.08. The number of hydrogen-bond donors (Lipinski definition) is 1. The van der Waals surface area contributed by atoms with Gasteiger partial charge in [-0.3, -0.25) is 5.32 Å². The fraction of sp³-hybridized carbons (Fsp3) is 0.152. The second-order valence-electron chi connectivity index (χ2n) is 13.0. The highest BCUT2D eigenvalue weighted by atomic mass is 16.5. The van der Waals surface area contributed by atoms with Gasteiger partial charge in [0.1, 0.15) is 11.4 Å². The van der Waals surface area contributed by atoms with Crippen LogP contribution in [0.25, 0.3) is 54.9 Å². The summed E-state index contributed by atoms with van der Waals surface area (Å²) < 4.78 is 11.7. The number of benzene rings is 7. The van der Waals surface area contributed by atoms with Gasteiger partial charge in [-0.2, -0.15) is 0 Å². The first-order valence-electron chi connectivity index (χ1n) is 17.5. The molecule has 8 aromatic rings. The molecule has 1 aliphatic rings. The Balaban J connectivity index is 0.000000254. The predicted octanol–water partition coefficient (Wildman–Crippen LogP) is 11.9. The summed E-state index contributed by atoms with van der Waals surface area (Å²) in [6.07, 6.45) is 3.39. The van der Waals surface area contributed by atoms with Crippen molar-refractivity contribution in [3.05, 3.63) is 169 Å². The van der Waals surface area contributed by atoms with Crippen molar-refractivity contribution in [2.45, 2.75) is 38.3 Å². The molecule has 0 spiro atoms. The number of fused-ring (bicyclic) bond motifs is 6. The molecule has 4 heteroatoms. The van der Waals surface area contributed by atoms with E-state index >= 15 is 0 Å². The third-order valence-corrected chi connectivity index (χ3v) is 9.89. The fourth-order valence-corrected chi connectivity index (χ4v) is 7.43. The Morgan fingerprint density at radius 1 is 0.640 bits per heavy atom. The average Bonchev–Trinajstić information content (AvgIpc) is 3.64. The number of aromatic nitrogens is 1. The van der Waals surface area contributed by atoms with Gasteiger partial charge in [0.15, 0.2) is 5.76 Å². The lowest BCUT2D eigenvalue weighted by Gasteiger charge is -2.29. The lowest BCUT2D eigenvalue weighted by molar-refractivity contribution is 0.361. The van der Waals surface area contributed by atoms with Crippen LogP contribution in [0.1, 0.15) is 48.9 Å². The number of ether oxygens (including phenoxy) is 1. The summed E-state index contributed by atoms with van der Waals surface area (Å²) in [5, 5.41) is 11.6. The largest absolute Gasteiger partial charge is 0.496 e. The Kier molecular flexibility index (Phi) is 8.85. The summed E-state index contributed by atoms with van der Waals surface area (Å²) in [4.78, 5) is 5.03. The Morgan fingerprint density at radius 3 is 2.04 bits per heavy atom. The number of aryl methyl sites for hydroxylation is 1. The molecule has 1 aliphatic carbocycles. The number of nitrogens with zero attached hydrogens (tertiary/aromatic N) is 1. The van der Waals surface area contributed by atoms with Crippen molar-refractivity contribution in [3.8, 4) is 28.3 Å². The Morgan fingerprint density at radius 2 is 1.28 bits per heavy atom. The quantitative estimate of drug-likeness (QED) is 0.182. The summed E-state index contributed by atoms with van der Waals surface area (Å²) in [5.41, 5.74) is 5.88. The molecule has 0 saturated heterocycles. The van der Waals surface area contributed by atoms with E-state index in [0.29, 0.717) is 0 Å². The molecule has 1 N–H and O–H groups in total. The van der Waals surface area contributed by atoms with Gasteiger partial charge in [0, 0.05) is 22.6 Å². The minimum atomic E-state index is -0.0295. The molecule has 0 bridgehead atoms. The average molecular weight is 653 g/mol. The van der Waals surface area contributed by atoms with Gasteiger partial charge in [-0.15, -0.1) is 0 Å². The lowest BCUT2D eigenvalue weighted by atomic mass is 9.83. The van der Waals surface area contributed by atoms with Crippen LogP contribution in [-0.4, -0.2) is 12.1 Å². The molecular weight excluding hydrogens is 613 g/mol. The van der Waals surface area contributed by atoms with E-state index in [-0.39, 0.29) is 12.1 Å². The van der Waals surface area contributed by atoms with E-state index in [1.54, 1.807) is 7.11 Å². The number of rotatable bonds is 6. The number of nitrogens with one attached hydrogen (secondary N) is 1. The van der Waals surface area contributed by atoms with Crippen LogP contribution in [0.3, 0.4) is 0 Å². The van der Waals surface area contributed by atoms with E-state index in [1.807, 2.05) is 60.7 Å². The van der Waals surface area contributed by atoms with Gasteiger partial charge in [0.2, 0.25) is 5.89 Å². The van der Waals surface area contributed by atoms with Crippen molar-refractivity contribution in [2.75, 3.05) is 7.11 Å². The summed E-state index contributed by atoms with van der Waals surface area (Å²) >= 11 is 0. The minimum absolute atomic E-state index is 0.0295. The molecule has 1 heterocycles. The molecule has 246 valence electrons. The number of hydrogen-bond acceptors (Lipinski definition) is 4. The first kappa shape index (κ1) is 31.6. The SMILES string of the molecule is CC(NC1CCCc2c1ccc1c2ccc2ccccc21)c1nc(-c2ccccc2)c(-c2ccccc2)o1.COc1cccc2ccccc12. The topological polar surface area (TPSA) is 47.3 Å². The van der Waals surface area contributed by atoms with Gasteiger partial charge >= 0.3 is 0 Å². The summed E-state index contributed by atoms with van der Waals surface area (Å²) in [7, 11) is 1.70. The summed E-state index contributed by atoms with van der Waals surface area (Å²) in [6.45, 7) is 2.16. The van der Waals surface area contributed by atoms with Gasteiger partial charge < -0.3 is 9.15 Å². The van der Waals surface area contributed by atoms with Gasteiger partial charge in [-0.25, -0.2) is 4.98 Å². The predicted molar refractivity (Wildman–Crippen MR) is 207 cm³/mol. The van der Waals surface area contributed by atoms with Crippen LogP contribution >= 0.6 is 0 Å². The van der Waals surface area contributed by atoms with E-state index in [1.165, 1.54) is 49.9 Å².